The number of halogens is 3. The molecule has 2 nitrogen and oxygen atoms in total. The first-order valence-corrected chi connectivity index (χ1v) is 13.0. The third kappa shape index (κ3) is 2.99. The van der Waals surface area contributed by atoms with Crippen LogP contribution in [-0.2, 0) is 19.6 Å². The van der Waals surface area contributed by atoms with Gasteiger partial charge < -0.3 is 4.40 Å². The maximum atomic E-state index is 14.4. The SMILES string of the molecule is Cc1c2ccccc2c(CC(C)(C)C)c2c1c1c3c(ccc4c5c(C(F)(F)F)cccc5n2c43)cc[n+]1C. The number of aromatic nitrogens is 2. The van der Waals surface area contributed by atoms with Gasteiger partial charge in [-0.15, -0.1) is 0 Å². The molecule has 4 aromatic carbocycles. The van der Waals surface area contributed by atoms with Crippen LogP contribution in [0.3, 0.4) is 0 Å². The van der Waals surface area contributed by atoms with Gasteiger partial charge in [-0.05, 0) is 58.2 Å². The molecular formula is C33H28F3N2+. The van der Waals surface area contributed by atoms with Crippen molar-refractivity contribution < 1.29 is 17.7 Å². The molecule has 38 heavy (non-hydrogen) atoms. The molecule has 0 aliphatic carbocycles. The fourth-order valence-corrected chi connectivity index (χ4v) is 6.68. The van der Waals surface area contributed by atoms with Crippen molar-refractivity contribution in [1.29, 1.82) is 0 Å². The Morgan fingerprint density at radius 2 is 1.50 bits per heavy atom. The van der Waals surface area contributed by atoms with Gasteiger partial charge in [-0.1, -0.05) is 63.2 Å². The van der Waals surface area contributed by atoms with E-state index in [2.05, 4.69) is 73.2 Å². The van der Waals surface area contributed by atoms with E-state index in [0.29, 0.717) is 10.9 Å². The Hall–Kier alpha value is -3.86. The first-order valence-electron chi connectivity index (χ1n) is 13.0. The topological polar surface area (TPSA) is 8.29 Å². The highest BCUT2D eigenvalue weighted by atomic mass is 19.4. The minimum Gasteiger partial charge on any atom is -0.307 e. The largest absolute Gasteiger partial charge is 0.417 e. The van der Waals surface area contributed by atoms with E-state index < -0.39 is 11.7 Å². The van der Waals surface area contributed by atoms with Gasteiger partial charge >= 0.3 is 6.18 Å². The molecule has 0 spiro atoms. The van der Waals surface area contributed by atoms with Gasteiger partial charge in [0.1, 0.15) is 7.05 Å². The molecule has 0 saturated carbocycles. The maximum absolute atomic E-state index is 14.4. The third-order valence-corrected chi connectivity index (χ3v) is 8.08. The summed E-state index contributed by atoms with van der Waals surface area (Å²) < 4.78 is 47.5. The van der Waals surface area contributed by atoms with E-state index in [1.54, 1.807) is 6.07 Å². The lowest BCUT2D eigenvalue weighted by molar-refractivity contribution is -0.643. The van der Waals surface area contributed by atoms with Crippen LogP contribution in [0.2, 0.25) is 0 Å². The lowest BCUT2D eigenvalue weighted by atomic mass is 9.83. The summed E-state index contributed by atoms with van der Waals surface area (Å²) in [6, 6.07) is 19.0. The summed E-state index contributed by atoms with van der Waals surface area (Å²) in [5.74, 6) is 0. The lowest BCUT2D eigenvalue weighted by Gasteiger charge is -2.24. The maximum Gasteiger partial charge on any atom is 0.417 e. The summed E-state index contributed by atoms with van der Waals surface area (Å²) in [6.45, 7) is 8.81. The second-order valence-corrected chi connectivity index (χ2v) is 11.8. The molecule has 3 heterocycles. The molecule has 0 aliphatic rings. The summed E-state index contributed by atoms with van der Waals surface area (Å²) in [4.78, 5) is 0. The Bertz CT molecular complexity index is 2090. The average Bonchev–Trinajstić information content (AvgIpc) is 3.20. The van der Waals surface area contributed by atoms with E-state index in [4.69, 9.17) is 0 Å². The Balaban J connectivity index is 1.93. The van der Waals surface area contributed by atoms with Crippen LogP contribution in [0.25, 0.3) is 59.8 Å². The van der Waals surface area contributed by atoms with E-state index in [1.165, 1.54) is 17.0 Å². The van der Waals surface area contributed by atoms with Crippen LogP contribution < -0.4 is 4.57 Å². The van der Waals surface area contributed by atoms with E-state index in [-0.39, 0.29) is 10.8 Å². The molecule has 0 bridgehead atoms. The molecule has 3 aromatic heterocycles. The van der Waals surface area contributed by atoms with Crippen LogP contribution in [0.1, 0.15) is 37.5 Å². The standard InChI is InChI=1S/C33H28F3N2/c1-18-20-9-6-7-10-21(20)23(17-32(2,3)4)30-26(18)31-27-19(15-16-37(31)5)13-14-22-28-24(33(34,35)36)11-8-12-25(28)38(30)29(22)27/h6-16H,17H2,1-5H3/q+1. The zero-order valence-corrected chi connectivity index (χ0v) is 22.1. The third-order valence-electron chi connectivity index (χ3n) is 8.08. The average molecular weight is 510 g/mol. The summed E-state index contributed by atoms with van der Waals surface area (Å²) in [5, 5.41) is 6.40. The minimum atomic E-state index is -4.46. The normalized spacial score (nSPS) is 13.4. The van der Waals surface area contributed by atoms with Crippen LogP contribution >= 0.6 is 0 Å². The van der Waals surface area contributed by atoms with Crippen molar-refractivity contribution in [2.24, 2.45) is 12.5 Å². The van der Waals surface area contributed by atoms with Crippen molar-refractivity contribution >= 4 is 59.8 Å². The molecule has 0 N–H and O–H groups in total. The zero-order chi connectivity index (χ0) is 26.7. The van der Waals surface area contributed by atoms with Crippen LogP contribution in [-0.4, -0.2) is 4.40 Å². The highest BCUT2D eigenvalue weighted by Gasteiger charge is 2.35. The van der Waals surface area contributed by atoms with E-state index in [0.717, 1.165) is 50.1 Å². The second kappa shape index (κ2) is 7.37. The van der Waals surface area contributed by atoms with E-state index in [1.807, 2.05) is 25.2 Å². The number of hydrogen-bond acceptors (Lipinski definition) is 0. The molecule has 0 unspecified atom stereocenters. The van der Waals surface area contributed by atoms with Crippen molar-refractivity contribution in [3.05, 3.63) is 83.6 Å². The van der Waals surface area contributed by atoms with Gasteiger partial charge in [0.15, 0.2) is 6.20 Å². The molecular weight excluding hydrogens is 481 g/mol. The van der Waals surface area contributed by atoms with Gasteiger partial charge in [0.05, 0.1) is 32.9 Å². The van der Waals surface area contributed by atoms with Gasteiger partial charge in [0, 0.05) is 16.8 Å². The van der Waals surface area contributed by atoms with Gasteiger partial charge in [0.2, 0.25) is 5.52 Å². The quantitative estimate of drug-likeness (QED) is 0.119. The molecule has 0 radical (unpaired) electrons. The first kappa shape index (κ1) is 23.3. The van der Waals surface area contributed by atoms with Crippen molar-refractivity contribution in [3.63, 3.8) is 0 Å². The molecule has 0 aliphatic heterocycles. The number of aryl methyl sites for hydroxylation is 2. The molecule has 7 rings (SSSR count). The van der Waals surface area contributed by atoms with Gasteiger partial charge in [-0.2, -0.15) is 13.2 Å². The second-order valence-electron chi connectivity index (χ2n) is 11.8. The van der Waals surface area contributed by atoms with Crippen LogP contribution in [0.15, 0.2) is 66.9 Å². The fraction of sp³-hybridized carbons (Fsp3) is 0.242. The molecule has 190 valence electrons. The number of hydrogen-bond donors (Lipinski definition) is 0. The van der Waals surface area contributed by atoms with E-state index >= 15 is 0 Å². The molecule has 0 saturated heterocycles. The predicted molar refractivity (Wildman–Crippen MR) is 150 cm³/mol. The predicted octanol–water partition coefficient (Wildman–Crippen LogP) is 8.88. The Kier molecular flexibility index (Phi) is 4.52. The number of pyridine rings is 2. The number of fused-ring (bicyclic) bond motifs is 7. The fourth-order valence-electron chi connectivity index (χ4n) is 6.68. The van der Waals surface area contributed by atoms with Crippen molar-refractivity contribution in [1.82, 2.24) is 4.40 Å². The summed E-state index contributed by atoms with van der Waals surface area (Å²) in [6.07, 6.45) is -1.61. The smallest absolute Gasteiger partial charge is 0.307 e. The Labute approximate surface area is 218 Å². The summed E-state index contributed by atoms with van der Waals surface area (Å²) in [5.41, 5.74) is 5.24. The number of alkyl halides is 3. The first-order chi connectivity index (χ1) is 18.0. The molecule has 7 aromatic rings. The van der Waals surface area contributed by atoms with Crippen LogP contribution in [0, 0.1) is 12.3 Å². The Morgan fingerprint density at radius 1 is 0.763 bits per heavy atom. The van der Waals surface area contributed by atoms with Crippen molar-refractivity contribution in [2.45, 2.75) is 40.3 Å². The molecule has 0 amide bonds. The van der Waals surface area contributed by atoms with Gasteiger partial charge in [-0.3, -0.25) is 0 Å². The van der Waals surface area contributed by atoms with Crippen LogP contribution in [0.5, 0.6) is 0 Å². The zero-order valence-electron chi connectivity index (χ0n) is 22.1. The highest BCUT2D eigenvalue weighted by molar-refractivity contribution is 6.29. The Morgan fingerprint density at radius 3 is 2.21 bits per heavy atom. The summed E-state index contributed by atoms with van der Waals surface area (Å²) in [7, 11) is 2.04. The number of benzene rings is 4. The monoisotopic (exact) mass is 509 g/mol. The molecule has 0 atom stereocenters. The van der Waals surface area contributed by atoms with E-state index in [9.17, 15) is 13.2 Å². The van der Waals surface area contributed by atoms with Gasteiger partial charge in [-0.25, -0.2) is 4.57 Å². The van der Waals surface area contributed by atoms with Crippen LogP contribution in [0.4, 0.5) is 13.2 Å². The minimum absolute atomic E-state index is 0.0316. The van der Waals surface area contributed by atoms with Crippen molar-refractivity contribution in [3.8, 4) is 0 Å². The highest BCUT2D eigenvalue weighted by Crippen LogP contribution is 2.47. The lowest BCUT2D eigenvalue weighted by Crippen LogP contribution is -2.29. The molecule has 5 heteroatoms. The summed E-state index contributed by atoms with van der Waals surface area (Å²) >= 11 is 0. The number of nitrogens with zero attached hydrogens (tertiary/aromatic N) is 2. The number of rotatable bonds is 1. The van der Waals surface area contributed by atoms with Gasteiger partial charge in [0.25, 0.3) is 0 Å². The van der Waals surface area contributed by atoms with Crippen molar-refractivity contribution in [2.75, 3.05) is 0 Å². The molecule has 0 fully saturated rings.